The molecule has 0 aliphatic rings. The highest BCUT2D eigenvalue weighted by Crippen LogP contribution is 2.17. The number of nitrogens with zero attached hydrogens (tertiary/aromatic N) is 2. The van der Waals surface area contributed by atoms with E-state index in [0.29, 0.717) is 19.2 Å². The monoisotopic (exact) mass is 320 g/mol. The Labute approximate surface area is 141 Å². The summed E-state index contributed by atoms with van der Waals surface area (Å²) in [6.07, 6.45) is 0. The molecular weight excluding hydrogens is 288 g/mol. The Hall–Kier alpha value is -1.75. The summed E-state index contributed by atoms with van der Waals surface area (Å²) in [4.78, 5) is 6.72. The molecule has 0 bridgehead atoms. The number of nitrogens with one attached hydrogen (secondary N) is 2. The van der Waals surface area contributed by atoms with E-state index in [4.69, 9.17) is 4.74 Å². The van der Waals surface area contributed by atoms with Crippen LogP contribution in [0, 0.1) is 0 Å². The average molecular weight is 320 g/mol. The molecule has 0 aliphatic carbocycles. The van der Waals surface area contributed by atoms with Crippen molar-refractivity contribution in [2.75, 3.05) is 33.3 Å². The van der Waals surface area contributed by atoms with Crippen LogP contribution in [0.2, 0.25) is 0 Å². The molecule has 0 aromatic heterocycles. The highest BCUT2D eigenvalue weighted by molar-refractivity contribution is 5.79. The van der Waals surface area contributed by atoms with Crippen molar-refractivity contribution in [2.24, 2.45) is 4.99 Å². The molecule has 1 unspecified atom stereocenters. The number of likely N-dealkylation sites (N-methyl/N-ethyl adjacent to an activating group) is 1. The molecule has 5 heteroatoms. The van der Waals surface area contributed by atoms with Gasteiger partial charge in [-0.3, -0.25) is 9.89 Å². The largest absolute Gasteiger partial charge is 0.494 e. The Kier molecular flexibility index (Phi) is 9.14. The van der Waals surface area contributed by atoms with Crippen LogP contribution >= 0.6 is 0 Å². The minimum Gasteiger partial charge on any atom is -0.494 e. The van der Waals surface area contributed by atoms with E-state index in [9.17, 15) is 0 Å². The maximum absolute atomic E-state index is 5.65. The third-order valence-corrected chi connectivity index (χ3v) is 3.94. The van der Waals surface area contributed by atoms with Gasteiger partial charge in [-0.1, -0.05) is 32.0 Å². The molecule has 0 radical (unpaired) electrons. The lowest BCUT2D eigenvalue weighted by molar-refractivity contribution is 0.231. The second-order valence-electron chi connectivity index (χ2n) is 5.42. The van der Waals surface area contributed by atoms with Crippen LogP contribution in [-0.2, 0) is 6.54 Å². The molecular formula is C18H32N4O. The van der Waals surface area contributed by atoms with Crippen molar-refractivity contribution in [3.63, 3.8) is 0 Å². The third kappa shape index (κ3) is 6.48. The number of ether oxygens (including phenoxy) is 1. The molecule has 0 heterocycles. The molecule has 5 nitrogen and oxygen atoms in total. The molecule has 1 rings (SSSR count). The third-order valence-electron chi connectivity index (χ3n) is 3.94. The SMILES string of the molecule is CCOc1ccccc1CNC(=NC)NCC(C)N(CC)CC. The number of para-hydroxylation sites is 1. The lowest BCUT2D eigenvalue weighted by atomic mass is 10.2. The van der Waals surface area contributed by atoms with Gasteiger partial charge in [-0.2, -0.15) is 0 Å². The number of hydrogen-bond acceptors (Lipinski definition) is 3. The molecule has 0 saturated heterocycles. The van der Waals surface area contributed by atoms with E-state index in [-0.39, 0.29) is 0 Å². The molecule has 1 atom stereocenters. The quantitative estimate of drug-likeness (QED) is 0.542. The van der Waals surface area contributed by atoms with Gasteiger partial charge in [-0.05, 0) is 33.0 Å². The van der Waals surface area contributed by atoms with Crippen molar-refractivity contribution >= 4 is 5.96 Å². The standard InChI is InChI=1S/C18H32N4O/c1-6-22(7-2)15(4)13-20-18(19-5)21-14-16-11-9-10-12-17(16)23-8-3/h9-12,15H,6-8,13-14H2,1-5H3,(H2,19,20,21). The maximum atomic E-state index is 5.65. The second-order valence-corrected chi connectivity index (χ2v) is 5.42. The molecule has 130 valence electrons. The van der Waals surface area contributed by atoms with Crippen molar-refractivity contribution in [3.8, 4) is 5.75 Å². The minimum absolute atomic E-state index is 0.472. The topological polar surface area (TPSA) is 48.9 Å². The molecule has 0 spiro atoms. The van der Waals surface area contributed by atoms with Gasteiger partial charge in [0, 0.05) is 31.7 Å². The van der Waals surface area contributed by atoms with Crippen molar-refractivity contribution in [1.29, 1.82) is 0 Å². The fraction of sp³-hybridized carbons (Fsp3) is 0.611. The van der Waals surface area contributed by atoms with E-state index < -0.39 is 0 Å². The molecule has 1 aromatic carbocycles. The van der Waals surface area contributed by atoms with Gasteiger partial charge >= 0.3 is 0 Å². The lowest BCUT2D eigenvalue weighted by Gasteiger charge is -2.27. The van der Waals surface area contributed by atoms with E-state index >= 15 is 0 Å². The summed E-state index contributed by atoms with van der Waals surface area (Å²) in [6, 6.07) is 8.56. The molecule has 2 N–H and O–H groups in total. The van der Waals surface area contributed by atoms with Crippen molar-refractivity contribution in [1.82, 2.24) is 15.5 Å². The van der Waals surface area contributed by atoms with Gasteiger partial charge < -0.3 is 15.4 Å². The van der Waals surface area contributed by atoms with Crippen LogP contribution in [-0.4, -0.2) is 50.2 Å². The molecule has 1 aromatic rings. The van der Waals surface area contributed by atoms with Gasteiger partial charge in [-0.25, -0.2) is 0 Å². The first-order valence-corrected chi connectivity index (χ1v) is 8.55. The average Bonchev–Trinajstić information content (AvgIpc) is 2.57. The fourth-order valence-electron chi connectivity index (χ4n) is 2.57. The summed E-state index contributed by atoms with van der Waals surface area (Å²) in [5.74, 6) is 1.74. The zero-order chi connectivity index (χ0) is 17.1. The highest BCUT2D eigenvalue weighted by atomic mass is 16.5. The summed E-state index contributed by atoms with van der Waals surface area (Å²) in [5, 5.41) is 6.75. The molecule has 23 heavy (non-hydrogen) atoms. The second kappa shape index (κ2) is 10.9. The number of rotatable bonds is 9. The summed E-state index contributed by atoms with van der Waals surface area (Å²) in [5.41, 5.74) is 1.13. The van der Waals surface area contributed by atoms with E-state index in [1.807, 2.05) is 25.1 Å². The maximum Gasteiger partial charge on any atom is 0.191 e. The predicted molar refractivity (Wildman–Crippen MR) is 98.2 cm³/mol. The number of benzene rings is 1. The van der Waals surface area contributed by atoms with E-state index in [2.05, 4.69) is 47.4 Å². The van der Waals surface area contributed by atoms with Crippen LogP contribution in [0.4, 0.5) is 0 Å². The number of guanidine groups is 1. The minimum atomic E-state index is 0.472. The van der Waals surface area contributed by atoms with Crippen LogP contribution in [0.5, 0.6) is 5.75 Å². The van der Waals surface area contributed by atoms with Crippen LogP contribution < -0.4 is 15.4 Å². The predicted octanol–water partition coefficient (Wildman–Crippen LogP) is 2.48. The van der Waals surface area contributed by atoms with Gasteiger partial charge in [0.15, 0.2) is 5.96 Å². The van der Waals surface area contributed by atoms with E-state index in [1.165, 1.54) is 0 Å². The fourth-order valence-corrected chi connectivity index (χ4v) is 2.57. The Bertz CT molecular complexity index is 472. The smallest absolute Gasteiger partial charge is 0.191 e. The van der Waals surface area contributed by atoms with Gasteiger partial charge in [0.1, 0.15) is 5.75 Å². The van der Waals surface area contributed by atoms with Gasteiger partial charge in [-0.15, -0.1) is 0 Å². The Morgan fingerprint density at radius 1 is 1.17 bits per heavy atom. The molecule has 0 fully saturated rings. The Morgan fingerprint density at radius 2 is 1.87 bits per heavy atom. The Morgan fingerprint density at radius 3 is 2.48 bits per heavy atom. The van der Waals surface area contributed by atoms with Gasteiger partial charge in [0.05, 0.1) is 6.61 Å². The van der Waals surface area contributed by atoms with Crippen LogP contribution in [0.1, 0.15) is 33.3 Å². The number of hydrogen-bond donors (Lipinski definition) is 2. The molecule has 0 saturated carbocycles. The first-order valence-electron chi connectivity index (χ1n) is 8.55. The van der Waals surface area contributed by atoms with Crippen molar-refractivity contribution in [2.45, 2.75) is 40.3 Å². The lowest BCUT2D eigenvalue weighted by Crippen LogP contribution is -2.45. The summed E-state index contributed by atoms with van der Waals surface area (Å²) < 4.78 is 5.65. The summed E-state index contributed by atoms with van der Waals surface area (Å²) >= 11 is 0. The highest BCUT2D eigenvalue weighted by Gasteiger charge is 2.10. The van der Waals surface area contributed by atoms with Crippen molar-refractivity contribution < 1.29 is 4.74 Å². The first kappa shape index (κ1) is 19.3. The Balaban J connectivity index is 2.52. The van der Waals surface area contributed by atoms with E-state index in [0.717, 1.165) is 36.9 Å². The van der Waals surface area contributed by atoms with E-state index in [1.54, 1.807) is 7.05 Å². The molecule has 0 aliphatic heterocycles. The van der Waals surface area contributed by atoms with Crippen molar-refractivity contribution in [3.05, 3.63) is 29.8 Å². The summed E-state index contributed by atoms with van der Waals surface area (Å²) in [7, 11) is 1.80. The normalized spacial score (nSPS) is 13.0. The summed E-state index contributed by atoms with van der Waals surface area (Å²) in [6.45, 7) is 13.0. The zero-order valence-corrected chi connectivity index (χ0v) is 15.2. The van der Waals surface area contributed by atoms with Gasteiger partial charge in [0.25, 0.3) is 0 Å². The van der Waals surface area contributed by atoms with Crippen LogP contribution in [0.15, 0.2) is 29.3 Å². The first-order chi connectivity index (χ1) is 11.2. The molecule has 0 amide bonds. The van der Waals surface area contributed by atoms with Gasteiger partial charge in [0.2, 0.25) is 0 Å². The number of aliphatic imine (C=N–C) groups is 1. The van der Waals surface area contributed by atoms with Crippen LogP contribution in [0.3, 0.4) is 0 Å². The zero-order valence-electron chi connectivity index (χ0n) is 15.2. The van der Waals surface area contributed by atoms with Crippen LogP contribution in [0.25, 0.3) is 0 Å².